The van der Waals surface area contributed by atoms with Gasteiger partial charge >= 0.3 is 0 Å². The van der Waals surface area contributed by atoms with E-state index in [-0.39, 0.29) is 5.56 Å². The first-order valence-corrected chi connectivity index (χ1v) is 9.41. The molecule has 2 saturated heterocycles. The van der Waals surface area contributed by atoms with E-state index in [9.17, 15) is 4.79 Å². The van der Waals surface area contributed by atoms with Crippen LogP contribution in [0.4, 0.5) is 17.3 Å². The Kier molecular flexibility index (Phi) is 4.92. The number of pyridine rings is 1. The first kappa shape index (κ1) is 17.4. The lowest BCUT2D eigenvalue weighted by molar-refractivity contribution is -0.0661. The van der Waals surface area contributed by atoms with E-state index < -0.39 is 0 Å². The molecule has 0 amide bonds. The summed E-state index contributed by atoms with van der Waals surface area (Å²) in [6.07, 6.45) is 5.15. The number of nitrogens with one attached hydrogen (secondary N) is 1. The Bertz CT molecular complexity index is 828. The van der Waals surface area contributed by atoms with E-state index in [0.29, 0.717) is 17.5 Å². The van der Waals surface area contributed by atoms with Crippen LogP contribution in [0.5, 0.6) is 0 Å². The number of rotatable bonds is 4. The smallest absolute Gasteiger partial charge is 0.274 e. The second-order valence-electron chi connectivity index (χ2n) is 6.59. The van der Waals surface area contributed by atoms with Gasteiger partial charge in [-0.25, -0.2) is 9.97 Å². The van der Waals surface area contributed by atoms with Crippen LogP contribution in [0.2, 0.25) is 0 Å². The molecular formula is C17H21BrN6O2. The second kappa shape index (κ2) is 7.34. The van der Waals surface area contributed by atoms with Crippen LogP contribution in [-0.2, 0) is 11.8 Å². The van der Waals surface area contributed by atoms with Gasteiger partial charge in [0, 0.05) is 43.9 Å². The fourth-order valence-corrected chi connectivity index (χ4v) is 3.73. The number of hydrogen-bond donors (Lipinski definition) is 1. The molecule has 0 atom stereocenters. The highest BCUT2D eigenvalue weighted by Gasteiger charge is 2.29. The maximum Gasteiger partial charge on any atom is 0.274 e. The van der Waals surface area contributed by atoms with Crippen LogP contribution >= 0.6 is 15.9 Å². The molecule has 0 radical (unpaired) electrons. The number of ether oxygens (including phenoxy) is 1. The van der Waals surface area contributed by atoms with Gasteiger partial charge in [-0.2, -0.15) is 0 Å². The molecule has 2 aliphatic heterocycles. The molecule has 4 rings (SSSR count). The van der Waals surface area contributed by atoms with E-state index in [4.69, 9.17) is 4.74 Å². The summed E-state index contributed by atoms with van der Waals surface area (Å²) in [4.78, 5) is 25.8. The SMILES string of the molecule is Cn1cc(Br)cc(Nc2cnc(N3CCN(C4COC4)CC3)cn2)c1=O. The molecule has 0 unspecified atom stereocenters. The van der Waals surface area contributed by atoms with E-state index in [0.717, 1.165) is 49.7 Å². The van der Waals surface area contributed by atoms with Crippen LogP contribution in [0.25, 0.3) is 0 Å². The van der Waals surface area contributed by atoms with Gasteiger partial charge < -0.3 is 19.5 Å². The molecular weight excluding hydrogens is 400 g/mol. The highest BCUT2D eigenvalue weighted by Crippen LogP contribution is 2.19. The number of anilines is 3. The molecule has 1 N–H and O–H groups in total. The largest absolute Gasteiger partial charge is 0.378 e. The minimum absolute atomic E-state index is 0.116. The Balaban J connectivity index is 1.40. The van der Waals surface area contributed by atoms with Gasteiger partial charge in [-0.05, 0) is 22.0 Å². The topological polar surface area (TPSA) is 75.5 Å². The van der Waals surface area contributed by atoms with Crippen molar-refractivity contribution in [3.05, 3.63) is 39.5 Å². The first-order valence-electron chi connectivity index (χ1n) is 8.62. The molecule has 2 aromatic rings. The number of aromatic nitrogens is 3. The fourth-order valence-electron chi connectivity index (χ4n) is 3.20. The van der Waals surface area contributed by atoms with Gasteiger partial charge in [0.25, 0.3) is 5.56 Å². The van der Waals surface area contributed by atoms with Crippen LogP contribution in [-0.4, -0.2) is 64.9 Å². The molecule has 2 fully saturated rings. The normalized spacial score (nSPS) is 18.6. The monoisotopic (exact) mass is 420 g/mol. The van der Waals surface area contributed by atoms with E-state index in [1.54, 1.807) is 31.7 Å². The molecule has 2 aliphatic rings. The molecule has 4 heterocycles. The lowest BCUT2D eigenvalue weighted by Crippen LogP contribution is -2.56. The highest BCUT2D eigenvalue weighted by atomic mass is 79.9. The Labute approximate surface area is 159 Å². The number of nitrogens with zero attached hydrogens (tertiary/aromatic N) is 5. The number of piperazine rings is 1. The zero-order valence-corrected chi connectivity index (χ0v) is 16.1. The number of aryl methyl sites for hydroxylation is 1. The lowest BCUT2D eigenvalue weighted by Gasteiger charge is -2.42. The van der Waals surface area contributed by atoms with E-state index in [1.807, 2.05) is 0 Å². The first-order chi connectivity index (χ1) is 12.6. The van der Waals surface area contributed by atoms with Crippen molar-refractivity contribution in [2.45, 2.75) is 6.04 Å². The molecule has 2 aromatic heterocycles. The van der Waals surface area contributed by atoms with Gasteiger partial charge in [0.2, 0.25) is 0 Å². The zero-order valence-electron chi connectivity index (χ0n) is 14.6. The third-order valence-corrected chi connectivity index (χ3v) is 5.26. The van der Waals surface area contributed by atoms with Crippen molar-refractivity contribution in [3.63, 3.8) is 0 Å². The Morgan fingerprint density at radius 2 is 1.96 bits per heavy atom. The Hall–Kier alpha value is -1.97. The third-order valence-electron chi connectivity index (χ3n) is 4.83. The summed E-state index contributed by atoms with van der Waals surface area (Å²) < 4.78 is 7.61. The van der Waals surface area contributed by atoms with Crippen LogP contribution in [0.1, 0.15) is 0 Å². The van der Waals surface area contributed by atoms with Crippen molar-refractivity contribution < 1.29 is 4.74 Å². The van der Waals surface area contributed by atoms with E-state index in [2.05, 4.69) is 41.0 Å². The summed E-state index contributed by atoms with van der Waals surface area (Å²) in [6.45, 7) is 5.62. The Morgan fingerprint density at radius 3 is 2.58 bits per heavy atom. The summed E-state index contributed by atoms with van der Waals surface area (Å²) in [5, 5.41) is 3.04. The van der Waals surface area contributed by atoms with Crippen molar-refractivity contribution in [1.82, 2.24) is 19.4 Å². The minimum Gasteiger partial charge on any atom is -0.378 e. The summed E-state index contributed by atoms with van der Waals surface area (Å²) in [5.41, 5.74) is 0.343. The average molecular weight is 421 g/mol. The van der Waals surface area contributed by atoms with Crippen LogP contribution in [0, 0.1) is 0 Å². The zero-order chi connectivity index (χ0) is 18.1. The van der Waals surface area contributed by atoms with Crippen LogP contribution < -0.4 is 15.8 Å². The summed E-state index contributed by atoms with van der Waals surface area (Å²) in [6, 6.07) is 2.32. The fraction of sp³-hybridized carbons (Fsp3) is 0.471. The van der Waals surface area contributed by atoms with Gasteiger partial charge in [-0.1, -0.05) is 0 Å². The standard InChI is InChI=1S/C17H21BrN6O2/c1-22-9-12(18)6-14(17(22)25)21-15-7-20-16(8-19-15)24-4-2-23(3-5-24)13-10-26-11-13/h6-9,13H,2-5,10-11H2,1H3,(H,19,21). The van der Waals surface area contributed by atoms with Crippen molar-refractivity contribution in [2.75, 3.05) is 49.6 Å². The molecule has 0 bridgehead atoms. The predicted octanol–water partition coefficient (Wildman–Crippen LogP) is 1.20. The van der Waals surface area contributed by atoms with Gasteiger partial charge in [0.1, 0.15) is 17.3 Å². The van der Waals surface area contributed by atoms with Crippen molar-refractivity contribution in [1.29, 1.82) is 0 Å². The molecule has 0 aliphatic carbocycles. The highest BCUT2D eigenvalue weighted by molar-refractivity contribution is 9.10. The van der Waals surface area contributed by atoms with Crippen molar-refractivity contribution in [2.24, 2.45) is 7.05 Å². The third kappa shape index (κ3) is 3.60. The van der Waals surface area contributed by atoms with Gasteiger partial charge in [0.15, 0.2) is 0 Å². The van der Waals surface area contributed by atoms with Crippen LogP contribution in [0.15, 0.2) is 33.9 Å². The average Bonchev–Trinajstić information content (AvgIpc) is 2.59. The molecule has 8 nitrogen and oxygen atoms in total. The van der Waals surface area contributed by atoms with Gasteiger partial charge in [-0.15, -0.1) is 0 Å². The minimum atomic E-state index is -0.116. The molecule has 26 heavy (non-hydrogen) atoms. The van der Waals surface area contributed by atoms with Crippen molar-refractivity contribution in [3.8, 4) is 0 Å². The quantitative estimate of drug-likeness (QED) is 0.795. The maximum absolute atomic E-state index is 12.2. The van der Waals surface area contributed by atoms with Gasteiger partial charge in [-0.3, -0.25) is 9.69 Å². The van der Waals surface area contributed by atoms with Crippen molar-refractivity contribution >= 4 is 33.3 Å². The Morgan fingerprint density at radius 1 is 1.19 bits per heavy atom. The number of halogens is 1. The number of hydrogen-bond acceptors (Lipinski definition) is 7. The second-order valence-corrected chi connectivity index (χ2v) is 7.50. The summed E-state index contributed by atoms with van der Waals surface area (Å²) in [7, 11) is 1.71. The molecule has 9 heteroatoms. The maximum atomic E-state index is 12.2. The molecule has 0 spiro atoms. The van der Waals surface area contributed by atoms with Gasteiger partial charge in [0.05, 0.1) is 31.6 Å². The van der Waals surface area contributed by atoms with Crippen LogP contribution in [0.3, 0.4) is 0 Å². The lowest BCUT2D eigenvalue weighted by atomic mass is 10.2. The van der Waals surface area contributed by atoms with E-state index in [1.165, 1.54) is 4.57 Å². The predicted molar refractivity (Wildman–Crippen MR) is 103 cm³/mol. The summed E-state index contributed by atoms with van der Waals surface area (Å²) >= 11 is 3.39. The van der Waals surface area contributed by atoms with E-state index >= 15 is 0 Å². The molecule has 0 saturated carbocycles. The summed E-state index contributed by atoms with van der Waals surface area (Å²) in [5.74, 6) is 1.41. The molecule has 138 valence electrons. The molecule has 0 aromatic carbocycles.